The van der Waals surface area contributed by atoms with E-state index in [1.54, 1.807) is 0 Å². The molecule has 1 heterocycles. The molecule has 1 N–H and O–H groups in total. The first-order valence-electron chi connectivity index (χ1n) is 5.19. The minimum Gasteiger partial charge on any atom is -0.490 e. The standard InChI is InChI=1S/C13H14O2/c1-10-8-12-9-11(4-2-3-7-14)5-6-13(12)15-10/h5-6,9-10,14H,3,7-8H2,1H3. The molecule has 0 spiro atoms. The van der Waals surface area contributed by atoms with Gasteiger partial charge in [-0.05, 0) is 30.7 Å². The molecule has 0 aliphatic carbocycles. The maximum atomic E-state index is 8.61. The molecule has 0 saturated heterocycles. The Morgan fingerprint density at radius 3 is 3.20 bits per heavy atom. The molecular formula is C13H14O2. The van der Waals surface area contributed by atoms with Gasteiger partial charge in [0.15, 0.2) is 0 Å². The third-order valence-electron chi connectivity index (χ3n) is 2.37. The molecule has 0 fully saturated rings. The molecule has 78 valence electrons. The summed E-state index contributed by atoms with van der Waals surface area (Å²) in [5.41, 5.74) is 2.23. The first-order chi connectivity index (χ1) is 7.29. The fourth-order valence-electron chi connectivity index (χ4n) is 1.72. The topological polar surface area (TPSA) is 29.5 Å². The summed E-state index contributed by atoms with van der Waals surface area (Å²) in [4.78, 5) is 0. The quantitative estimate of drug-likeness (QED) is 0.703. The molecule has 0 amide bonds. The summed E-state index contributed by atoms with van der Waals surface area (Å²) in [6.07, 6.45) is 1.77. The Hall–Kier alpha value is -1.46. The van der Waals surface area contributed by atoms with Crippen LogP contribution in [-0.4, -0.2) is 17.8 Å². The summed E-state index contributed by atoms with van der Waals surface area (Å²) in [5.74, 6) is 6.92. The van der Waals surface area contributed by atoms with Gasteiger partial charge in [-0.3, -0.25) is 0 Å². The highest BCUT2D eigenvalue weighted by molar-refractivity contribution is 5.46. The van der Waals surface area contributed by atoms with E-state index in [4.69, 9.17) is 9.84 Å². The lowest BCUT2D eigenvalue weighted by Crippen LogP contribution is -2.05. The lowest BCUT2D eigenvalue weighted by Gasteiger charge is -2.01. The SMILES string of the molecule is CC1Cc2cc(C#CCCO)ccc2O1. The zero-order chi connectivity index (χ0) is 10.7. The smallest absolute Gasteiger partial charge is 0.123 e. The van der Waals surface area contributed by atoms with Crippen molar-refractivity contribution in [1.82, 2.24) is 0 Å². The molecule has 2 heteroatoms. The summed E-state index contributed by atoms with van der Waals surface area (Å²) in [5, 5.41) is 8.61. The van der Waals surface area contributed by atoms with Crippen molar-refractivity contribution in [2.24, 2.45) is 0 Å². The van der Waals surface area contributed by atoms with Gasteiger partial charge in [0.25, 0.3) is 0 Å². The summed E-state index contributed by atoms with van der Waals surface area (Å²) < 4.78 is 5.60. The highest BCUT2D eigenvalue weighted by Crippen LogP contribution is 2.28. The number of ether oxygens (including phenoxy) is 1. The molecule has 0 radical (unpaired) electrons. The van der Waals surface area contributed by atoms with Gasteiger partial charge in [-0.25, -0.2) is 0 Å². The Morgan fingerprint density at radius 2 is 2.40 bits per heavy atom. The number of rotatable bonds is 1. The second-order valence-corrected chi connectivity index (χ2v) is 3.73. The minimum absolute atomic E-state index is 0.123. The van der Waals surface area contributed by atoms with Gasteiger partial charge in [0.2, 0.25) is 0 Å². The fourth-order valence-corrected chi connectivity index (χ4v) is 1.72. The van der Waals surface area contributed by atoms with Crippen molar-refractivity contribution in [1.29, 1.82) is 0 Å². The molecule has 1 aromatic rings. The minimum atomic E-state index is 0.123. The van der Waals surface area contributed by atoms with Gasteiger partial charge in [0.1, 0.15) is 11.9 Å². The van der Waals surface area contributed by atoms with Crippen LogP contribution < -0.4 is 4.74 Å². The van der Waals surface area contributed by atoms with E-state index in [0.717, 1.165) is 17.7 Å². The normalized spacial score (nSPS) is 17.6. The maximum absolute atomic E-state index is 8.61. The van der Waals surface area contributed by atoms with E-state index in [1.807, 2.05) is 12.1 Å². The second kappa shape index (κ2) is 4.37. The van der Waals surface area contributed by atoms with Crippen LogP contribution in [0, 0.1) is 11.8 Å². The number of aliphatic hydroxyl groups excluding tert-OH is 1. The molecule has 15 heavy (non-hydrogen) atoms. The van der Waals surface area contributed by atoms with Crippen LogP contribution in [0.5, 0.6) is 5.75 Å². The average Bonchev–Trinajstić information content (AvgIpc) is 2.57. The van der Waals surface area contributed by atoms with Crippen molar-refractivity contribution in [3.63, 3.8) is 0 Å². The molecule has 1 aromatic carbocycles. The van der Waals surface area contributed by atoms with Gasteiger partial charge in [0, 0.05) is 18.4 Å². The van der Waals surface area contributed by atoms with Gasteiger partial charge in [-0.2, -0.15) is 0 Å². The van der Waals surface area contributed by atoms with Gasteiger partial charge in [0.05, 0.1) is 6.61 Å². The van der Waals surface area contributed by atoms with Gasteiger partial charge in [-0.15, -0.1) is 0 Å². The fraction of sp³-hybridized carbons (Fsp3) is 0.385. The Labute approximate surface area is 89.9 Å². The van der Waals surface area contributed by atoms with Crippen molar-refractivity contribution in [3.05, 3.63) is 29.3 Å². The zero-order valence-electron chi connectivity index (χ0n) is 8.79. The monoisotopic (exact) mass is 202 g/mol. The van der Waals surface area contributed by atoms with E-state index >= 15 is 0 Å². The van der Waals surface area contributed by atoms with E-state index < -0.39 is 0 Å². The first kappa shape index (κ1) is 10.1. The van der Waals surface area contributed by atoms with Crippen LogP contribution in [0.1, 0.15) is 24.5 Å². The molecular weight excluding hydrogens is 188 g/mol. The van der Waals surface area contributed by atoms with E-state index in [0.29, 0.717) is 6.42 Å². The Bertz CT molecular complexity index is 412. The van der Waals surface area contributed by atoms with Crippen LogP contribution in [0.2, 0.25) is 0 Å². The van der Waals surface area contributed by atoms with E-state index in [9.17, 15) is 0 Å². The predicted octanol–water partition coefficient (Wildman–Crippen LogP) is 1.74. The number of benzene rings is 1. The van der Waals surface area contributed by atoms with Crippen molar-refractivity contribution >= 4 is 0 Å². The van der Waals surface area contributed by atoms with Crippen molar-refractivity contribution in [2.45, 2.75) is 25.9 Å². The number of aliphatic hydroxyl groups is 1. The van der Waals surface area contributed by atoms with E-state index in [-0.39, 0.29) is 12.7 Å². The average molecular weight is 202 g/mol. The maximum Gasteiger partial charge on any atom is 0.123 e. The van der Waals surface area contributed by atoms with Crippen LogP contribution >= 0.6 is 0 Å². The molecule has 1 aliphatic heterocycles. The molecule has 0 bridgehead atoms. The van der Waals surface area contributed by atoms with Gasteiger partial charge in [-0.1, -0.05) is 11.8 Å². The molecule has 2 rings (SSSR count). The van der Waals surface area contributed by atoms with Crippen LogP contribution in [0.15, 0.2) is 18.2 Å². The molecule has 2 nitrogen and oxygen atoms in total. The first-order valence-corrected chi connectivity index (χ1v) is 5.19. The number of hydrogen-bond acceptors (Lipinski definition) is 2. The van der Waals surface area contributed by atoms with Gasteiger partial charge < -0.3 is 9.84 Å². The molecule has 1 unspecified atom stereocenters. The Morgan fingerprint density at radius 1 is 1.53 bits per heavy atom. The predicted molar refractivity (Wildman–Crippen MR) is 58.8 cm³/mol. The molecule has 1 aliphatic rings. The zero-order valence-corrected chi connectivity index (χ0v) is 8.79. The highest BCUT2D eigenvalue weighted by atomic mass is 16.5. The molecule has 0 saturated carbocycles. The number of fused-ring (bicyclic) bond motifs is 1. The van der Waals surface area contributed by atoms with Crippen LogP contribution in [0.25, 0.3) is 0 Å². The highest BCUT2D eigenvalue weighted by Gasteiger charge is 2.18. The largest absolute Gasteiger partial charge is 0.490 e. The lowest BCUT2D eigenvalue weighted by molar-refractivity contribution is 0.254. The Balaban J connectivity index is 2.17. The molecule has 1 atom stereocenters. The summed E-state index contributed by atoms with van der Waals surface area (Å²) >= 11 is 0. The third-order valence-corrected chi connectivity index (χ3v) is 2.37. The van der Waals surface area contributed by atoms with Crippen LogP contribution in [-0.2, 0) is 6.42 Å². The van der Waals surface area contributed by atoms with Crippen molar-refractivity contribution in [2.75, 3.05) is 6.61 Å². The van der Waals surface area contributed by atoms with Crippen molar-refractivity contribution < 1.29 is 9.84 Å². The number of hydrogen-bond donors (Lipinski definition) is 1. The van der Waals surface area contributed by atoms with E-state index in [1.165, 1.54) is 5.56 Å². The van der Waals surface area contributed by atoms with Crippen molar-refractivity contribution in [3.8, 4) is 17.6 Å². The van der Waals surface area contributed by atoms with E-state index in [2.05, 4.69) is 24.8 Å². The Kier molecular flexibility index (Phi) is 2.94. The van der Waals surface area contributed by atoms with Crippen LogP contribution in [0.3, 0.4) is 0 Å². The van der Waals surface area contributed by atoms with Crippen LogP contribution in [0.4, 0.5) is 0 Å². The summed E-state index contributed by atoms with van der Waals surface area (Å²) in [6, 6.07) is 6.01. The second-order valence-electron chi connectivity index (χ2n) is 3.73. The molecule has 0 aromatic heterocycles. The lowest BCUT2D eigenvalue weighted by atomic mass is 10.1. The van der Waals surface area contributed by atoms with Gasteiger partial charge >= 0.3 is 0 Å². The third kappa shape index (κ3) is 2.31. The summed E-state index contributed by atoms with van der Waals surface area (Å²) in [6.45, 7) is 2.19. The summed E-state index contributed by atoms with van der Waals surface area (Å²) in [7, 11) is 0.